The summed E-state index contributed by atoms with van der Waals surface area (Å²) in [4.78, 5) is 17.1. The molecule has 6 nitrogen and oxygen atoms in total. The van der Waals surface area contributed by atoms with E-state index < -0.39 is 0 Å². The van der Waals surface area contributed by atoms with Crippen LogP contribution in [0.25, 0.3) is 6.08 Å². The number of carbonyl (C=O) groups excluding carboxylic acids is 1. The second-order valence-electron chi connectivity index (χ2n) is 8.46. The summed E-state index contributed by atoms with van der Waals surface area (Å²) < 4.78 is 25.8. The Labute approximate surface area is 224 Å². The number of piperazine rings is 1. The Kier molecular flexibility index (Phi) is 8.81. The van der Waals surface area contributed by atoms with Crippen molar-refractivity contribution in [3.63, 3.8) is 0 Å². The first-order chi connectivity index (χ1) is 18.0. The van der Waals surface area contributed by atoms with Gasteiger partial charge < -0.3 is 19.3 Å². The van der Waals surface area contributed by atoms with Gasteiger partial charge in [0.05, 0.1) is 6.61 Å². The summed E-state index contributed by atoms with van der Waals surface area (Å²) in [5, 5.41) is 9.79. The normalized spacial score (nSPS) is 13.7. The van der Waals surface area contributed by atoms with E-state index in [2.05, 4.69) is 39.0 Å². The van der Waals surface area contributed by atoms with Gasteiger partial charge in [0, 0.05) is 36.3 Å². The first kappa shape index (κ1) is 26.2. The number of hydrogen-bond acceptors (Lipinski definition) is 5. The Bertz CT molecular complexity index is 1320. The summed E-state index contributed by atoms with van der Waals surface area (Å²) in [6, 6.07) is 21.8. The lowest BCUT2D eigenvalue weighted by Gasteiger charge is -2.36. The first-order valence-corrected chi connectivity index (χ1v) is 12.8. The van der Waals surface area contributed by atoms with Crippen LogP contribution in [0.1, 0.15) is 18.1 Å². The Morgan fingerprint density at radius 1 is 1.03 bits per heavy atom. The molecule has 1 heterocycles. The van der Waals surface area contributed by atoms with Gasteiger partial charge in [-0.2, -0.15) is 5.26 Å². The lowest BCUT2D eigenvalue weighted by atomic mass is 10.1. The molecule has 1 aliphatic heterocycles. The topological polar surface area (TPSA) is 65.8 Å². The molecule has 0 bridgehead atoms. The minimum Gasteiger partial charge on any atom is -0.490 e. The van der Waals surface area contributed by atoms with E-state index in [9.17, 15) is 14.4 Å². The van der Waals surface area contributed by atoms with Gasteiger partial charge in [0.25, 0.3) is 5.91 Å². The van der Waals surface area contributed by atoms with E-state index in [-0.39, 0.29) is 23.9 Å². The molecule has 1 aliphatic rings. The number of amides is 1. The lowest BCUT2D eigenvalue weighted by Crippen LogP contribution is -2.49. The molecule has 190 valence electrons. The number of ether oxygens (including phenoxy) is 2. The van der Waals surface area contributed by atoms with Crippen molar-refractivity contribution in [2.45, 2.75) is 13.5 Å². The van der Waals surface area contributed by atoms with Crippen molar-refractivity contribution in [2.24, 2.45) is 0 Å². The zero-order valence-electron chi connectivity index (χ0n) is 20.5. The Balaban J connectivity index is 1.49. The zero-order chi connectivity index (χ0) is 26.2. The van der Waals surface area contributed by atoms with E-state index in [4.69, 9.17) is 9.47 Å². The number of benzene rings is 3. The van der Waals surface area contributed by atoms with E-state index >= 15 is 0 Å². The molecule has 0 unspecified atom stereocenters. The molecule has 4 rings (SSSR count). The third-order valence-electron chi connectivity index (χ3n) is 5.99. The van der Waals surface area contributed by atoms with Gasteiger partial charge in [-0.15, -0.1) is 0 Å². The molecule has 0 spiro atoms. The molecular formula is C29H27BrFN3O3. The van der Waals surface area contributed by atoms with Gasteiger partial charge in [-0.1, -0.05) is 46.3 Å². The Hall–Kier alpha value is -3.83. The van der Waals surface area contributed by atoms with Crippen LogP contribution in [-0.2, 0) is 11.4 Å². The second-order valence-corrected chi connectivity index (χ2v) is 9.31. The maximum Gasteiger partial charge on any atom is 0.264 e. The minimum absolute atomic E-state index is 0.0461. The van der Waals surface area contributed by atoms with Gasteiger partial charge in [-0.05, 0) is 60.5 Å². The minimum atomic E-state index is -0.331. The summed E-state index contributed by atoms with van der Waals surface area (Å²) in [5.41, 5.74) is 2.48. The van der Waals surface area contributed by atoms with Crippen molar-refractivity contribution < 1.29 is 18.7 Å². The fourth-order valence-electron chi connectivity index (χ4n) is 4.10. The second kappa shape index (κ2) is 12.4. The monoisotopic (exact) mass is 563 g/mol. The third kappa shape index (κ3) is 6.69. The van der Waals surface area contributed by atoms with E-state index in [1.807, 2.05) is 25.1 Å². The molecule has 0 saturated carbocycles. The molecule has 3 aromatic rings. The largest absolute Gasteiger partial charge is 0.490 e. The van der Waals surface area contributed by atoms with Crippen molar-refractivity contribution >= 4 is 33.6 Å². The Morgan fingerprint density at radius 2 is 1.76 bits per heavy atom. The van der Waals surface area contributed by atoms with E-state index in [0.717, 1.165) is 5.69 Å². The van der Waals surface area contributed by atoms with E-state index in [1.54, 1.807) is 35.2 Å². The quantitative estimate of drug-likeness (QED) is 0.255. The standard InChI is InChI=1S/C29H27BrFN3O3/c1-2-36-27-17-22(26(30)18-28(27)37-20-21-7-6-8-24(31)15-21)16-23(19-32)29(35)34-13-11-33(12-14-34)25-9-4-3-5-10-25/h3-10,15-18H,2,11-14,20H2,1H3/b23-16-. The molecule has 0 atom stereocenters. The number of rotatable bonds is 8. The summed E-state index contributed by atoms with van der Waals surface area (Å²) >= 11 is 3.53. The number of nitrogens with zero attached hydrogens (tertiary/aromatic N) is 3. The van der Waals surface area contributed by atoms with Crippen LogP contribution < -0.4 is 14.4 Å². The number of nitriles is 1. The summed E-state index contributed by atoms with van der Waals surface area (Å²) in [6.45, 7) is 4.88. The number of carbonyl (C=O) groups is 1. The summed E-state index contributed by atoms with van der Waals surface area (Å²) in [7, 11) is 0. The van der Waals surface area contributed by atoms with Gasteiger partial charge in [0.1, 0.15) is 24.1 Å². The number of halogens is 2. The third-order valence-corrected chi connectivity index (χ3v) is 6.67. The smallest absolute Gasteiger partial charge is 0.264 e. The highest BCUT2D eigenvalue weighted by atomic mass is 79.9. The highest BCUT2D eigenvalue weighted by Crippen LogP contribution is 2.35. The summed E-state index contributed by atoms with van der Waals surface area (Å²) in [6.07, 6.45) is 1.56. The zero-order valence-corrected chi connectivity index (χ0v) is 22.1. The van der Waals surface area contributed by atoms with Gasteiger partial charge in [-0.25, -0.2) is 4.39 Å². The molecule has 0 aromatic heterocycles. The van der Waals surface area contributed by atoms with Crippen molar-refractivity contribution in [1.82, 2.24) is 4.90 Å². The van der Waals surface area contributed by atoms with Gasteiger partial charge in [-0.3, -0.25) is 4.79 Å². The number of hydrogen-bond donors (Lipinski definition) is 0. The summed E-state index contributed by atoms with van der Waals surface area (Å²) in [5.74, 6) is 0.307. The van der Waals surface area contributed by atoms with Gasteiger partial charge in [0.15, 0.2) is 11.5 Å². The highest BCUT2D eigenvalue weighted by molar-refractivity contribution is 9.10. The average molecular weight is 564 g/mol. The van der Waals surface area contributed by atoms with Crippen molar-refractivity contribution in [1.29, 1.82) is 5.26 Å². The fraction of sp³-hybridized carbons (Fsp3) is 0.241. The molecule has 37 heavy (non-hydrogen) atoms. The average Bonchev–Trinajstić information content (AvgIpc) is 2.92. The van der Waals surface area contributed by atoms with Gasteiger partial charge >= 0.3 is 0 Å². The van der Waals surface area contributed by atoms with Crippen LogP contribution >= 0.6 is 15.9 Å². The molecule has 1 saturated heterocycles. The van der Waals surface area contributed by atoms with Crippen molar-refractivity contribution in [3.05, 3.63) is 93.7 Å². The van der Waals surface area contributed by atoms with Crippen LogP contribution in [0.4, 0.5) is 10.1 Å². The van der Waals surface area contributed by atoms with Gasteiger partial charge in [0.2, 0.25) is 0 Å². The molecule has 1 fully saturated rings. The molecule has 3 aromatic carbocycles. The maximum atomic E-state index is 13.5. The predicted octanol–water partition coefficient (Wildman–Crippen LogP) is 5.82. The van der Waals surface area contributed by atoms with Crippen LogP contribution in [0, 0.1) is 17.1 Å². The van der Waals surface area contributed by atoms with E-state index in [0.29, 0.717) is 59.9 Å². The van der Waals surface area contributed by atoms with Crippen molar-refractivity contribution in [3.8, 4) is 17.6 Å². The number of anilines is 1. The molecule has 0 radical (unpaired) electrons. The van der Waals surface area contributed by atoms with Crippen LogP contribution in [0.15, 0.2) is 76.8 Å². The molecule has 1 amide bonds. The van der Waals surface area contributed by atoms with Crippen molar-refractivity contribution in [2.75, 3.05) is 37.7 Å². The SMILES string of the molecule is CCOc1cc(/C=C(/C#N)C(=O)N2CCN(c3ccccc3)CC2)c(Br)cc1OCc1cccc(F)c1. The van der Waals surface area contributed by atoms with Crippen LogP contribution in [0.3, 0.4) is 0 Å². The Morgan fingerprint density at radius 3 is 2.43 bits per heavy atom. The lowest BCUT2D eigenvalue weighted by molar-refractivity contribution is -0.126. The molecule has 8 heteroatoms. The molecule has 0 N–H and O–H groups in total. The van der Waals surface area contributed by atoms with Crippen LogP contribution in [-0.4, -0.2) is 43.6 Å². The fourth-order valence-corrected chi connectivity index (χ4v) is 4.54. The van der Waals surface area contributed by atoms with Crippen LogP contribution in [0.2, 0.25) is 0 Å². The molecule has 0 aliphatic carbocycles. The first-order valence-electron chi connectivity index (χ1n) is 12.0. The molecular weight excluding hydrogens is 537 g/mol. The predicted molar refractivity (Wildman–Crippen MR) is 145 cm³/mol. The highest BCUT2D eigenvalue weighted by Gasteiger charge is 2.24. The van der Waals surface area contributed by atoms with Crippen LogP contribution in [0.5, 0.6) is 11.5 Å². The van der Waals surface area contributed by atoms with E-state index in [1.165, 1.54) is 12.1 Å². The number of para-hydroxylation sites is 1. The maximum absolute atomic E-state index is 13.5.